The van der Waals surface area contributed by atoms with Gasteiger partial charge in [-0.05, 0) is 24.3 Å². The molecule has 0 radical (unpaired) electrons. The Labute approximate surface area is 186 Å². The second-order valence-electron chi connectivity index (χ2n) is 7.75. The van der Waals surface area contributed by atoms with Crippen LogP contribution >= 0.6 is 0 Å². The number of rotatable bonds is 4. The highest BCUT2D eigenvalue weighted by molar-refractivity contribution is 6.01. The van der Waals surface area contributed by atoms with Crippen molar-refractivity contribution in [2.75, 3.05) is 0 Å². The summed E-state index contributed by atoms with van der Waals surface area (Å²) >= 11 is 0. The number of benzene rings is 4. The maximum atomic E-state index is 6.28. The quantitative estimate of drug-likeness (QED) is 0.289. The van der Waals surface area contributed by atoms with Gasteiger partial charge in [0.15, 0.2) is 0 Å². The van der Waals surface area contributed by atoms with Gasteiger partial charge in [-0.3, -0.25) is 0 Å². The highest BCUT2D eigenvalue weighted by Gasteiger charge is 2.16. The van der Waals surface area contributed by atoms with Crippen LogP contribution in [0.1, 0.15) is 11.1 Å². The largest absolute Gasteiger partial charge is 0.455 e. The zero-order valence-electron chi connectivity index (χ0n) is 17.4. The maximum Gasteiger partial charge on any atom is 0.142 e. The lowest BCUT2D eigenvalue weighted by atomic mass is 10.0. The summed E-state index contributed by atoms with van der Waals surface area (Å²) in [5, 5.41) is 2.19. The minimum absolute atomic E-state index is 0.872. The van der Waals surface area contributed by atoms with Crippen LogP contribution in [0.15, 0.2) is 118 Å². The second kappa shape index (κ2) is 7.75. The van der Waals surface area contributed by atoms with E-state index in [0.717, 1.165) is 55.7 Å². The third-order valence-corrected chi connectivity index (χ3v) is 5.76. The zero-order valence-corrected chi connectivity index (χ0v) is 17.4. The molecule has 6 rings (SSSR count). The van der Waals surface area contributed by atoms with Gasteiger partial charge in [0.05, 0.1) is 0 Å². The smallest absolute Gasteiger partial charge is 0.142 e. The molecule has 4 aromatic carbocycles. The van der Waals surface area contributed by atoms with Crippen molar-refractivity contribution in [1.29, 1.82) is 0 Å². The van der Waals surface area contributed by atoms with Crippen LogP contribution in [0.2, 0.25) is 0 Å². The Morgan fingerprint density at radius 1 is 0.406 bits per heavy atom. The van der Waals surface area contributed by atoms with E-state index < -0.39 is 0 Å². The van der Waals surface area contributed by atoms with Gasteiger partial charge in [0.25, 0.3) is 0 Å². The van der Waals surface area contributed by atoms with Crippen molar-refractivity contribution in [3.63, 3.8) is 0 Å². The summed E-state index contributed by atoms with van der Waals surface area (Å²) in [6, 6.07) is 36.9. The minimum Gasteiger partial charge on any atom is -0.455 e. The van der Waals surface area contributed by atoms with Crippen molar-refractivity contribution in [3.8, 4) is 22.6 Å². The lowest BCUT2D eigenvalue weighted by molar-refractivity contribution is 0.630. The van der Waals surface area contributed by atoms with E-state index in [1.165, 1.54) is 0 Å². The van der Waals surface area contributed by atoms with Crippen LogP contribution in [0.25, 0.3) is 56.7 Å². The molecular weight excluding hydrogens is 392 g/mol. The van der Waals surface area contributed by atoms with Crippen molar-refractivity contribution in [2.24, 2.45) is 0 Å². The van der Waals surface area contributed by atoms with Crippen LogP contribution in [0, 0.1) is 0 Å². The van der Waals surface area contributed by atoms with Crippen molar-refractivity contribution >= 4 is 34.1 Å². The third-order valence-electron chi connectivity index (χ3n) is 5.76. The summed E-state index contributed by atoms with van der Waals surface area (Å²) in [6.45, 7) is 0. The number of furan rings is 2. The summed E-state index contributed by atoms with van der Waals surface area (Å²) in [6.07, 6.45) is 4.30. The zero-order chi connectivity index (χ0) is 21.3. The highest BCUT2D eigenvalue weighted by atomic mass is 16.3. The molecule has 0 amide bonds. The Balaban J connectivity index is 1.57. The first-order valence-corrected chi connectivity index (χ1v) is 10.7. The number of fused-ring (bicyclic) bond motifs is 2. The Morgan fingerprint density at radius 2 is 0.781 bits per heavy atom. The molecule has 0 atom stereocenters. The first kappa shape index (κ1) is 18.5. The van der Waals surface area contributed by atoms with Gasteiger partial charge in [0, 0.05) is 33.0 Å². The van der Waals surface area contributed by atoms with Crippen LogP contribution in [0.3, 0.4) is 0 Å². The van der Waals surface area contributed by atoms with Crippen molar-refractivity contribution in [1.82, 2.24) is 0 Å². The van der Waals surface area contributed by atoms with Gasteiger partial charge in [-0.1, -0.05) is 97.1 Å². The molecular formula is C30H20O2. The van der Waals surface area contributed by atoms with Gasteiger partial charge in [-0.15, -0.1) is 0 Å². The molecule has 32 heavy (non-hydrogen) atoms. The molecule has 0 spiro atoms. The monoisotopic (exact) mass is 412 g/mol. The standard InChI is InChI=1S/C30H20O2/c1-3-11-21(12-4-1)29-25(23-15-7-9-17-27(23)31-29)19-20-26-24-16-8-10-18-28(24)32-30(26)22-13-5-2-6-14-22/h1-20H/b20-19+. The van der Waals surface area contributed by atoms with E-state index >= 15 is 0 Å². The van der Waals surface area contributed by atoms with Gasteiger partial charge < -0.3 is 8.83 Å². The van der Waals surface area contributed by atoms with E-state index in [4.69, 9.17) is 8.83 Å². The summed E-state index contributed by atoms with van der Waals surface area (Å²) in [5.41, 5.74) is 6.01. The van der Waals surface area contributed by atoms with Crippen molar-refractivity contribution in [2.45, 2.75) is 0 Å². The molecule has 2 aromatic heterocycles. The topological polar surface area (TPSA) is 26.3 Å². The lowest BCUT2D eigenvalue weighted by Crippen LogP contribution is -1.80. The fourth-order valence-electron chi connectivity index (χ4n) is 4.24. The Kier molecular flexibility index (Phi) is 4.47. The number of para-hydroxylation sites is 2. The Hall–Kier alpha value is -4.30. The van der Waals surface area contributed by atoms with Crippen LogP contribution in [-0.4, -0.2) is 0 Å². The van der Waals surface area contributed by atoms with Gasteiger partial charge in [-0.25, -0.2) is 0 Å². The summed E-state index contributed by atoms with van der Waals surface area (Å²) in [4.78, 5) is 0. The number of hydrogen-bond donors (Lipinski definition) is 0. The maximum absolute atomic E-state index is 6.28. The molecule has 0 bridgehead atoms. The normalized spacial score (nSPS) is 11.6. The highest BCUT2D eigenvalue weighted by Crippen LogP contribution is 2.38. The number of hydrogen-bond acceptors (Lipinski definition) is 2. The van der Waals surface area contributed by atoms with Gasteiger partial charge >= 0.3 is 0 Å². The van der Waals surface area contributed by atoms with E-state index in [1.54, 1.807) is 0 Å². The first-order chi connectivity index (χ1) is 15.9. The average Bonchev–Trinajstić information content (AvgIpc) is 3.42. The van der Waals surface area contributed by atoms with Gasteiger partial charge in [0.1, 0.15) is 22.7 Å². The molecule has 0 unspecified atom stereocenters. The molecule has 6 aromatic rings. The van der Waals surface area contributed by atoms with Crippen LogP contribution in [-0.2, 0) is 0 Å². The molecule has 0 N–H and O–H groups in total. The summed E-state index contributed by atoms with van der Waals surface area (Å²) in [7, 11) is 0. The minimum atomic E-state index is 0.872. The molecule has 2 heteroatoms. The van der Waals surface area contributed by atoms with Crippen LogP contribution < -0.4 is 0 Å². The molecule has 0 aliphatic carbocycles. The van der Waals surface area contributed by atoms with Crippen LogP contribution in [0.5, 0.6) is 0 Å². The molecule has 0 aliphatic heterocycles. The van der Waals surface area contributed by atoms with E-state index in [0.29, 0.717) is 0 Å². The predicted molar refractivity (Wildman–Crippen MR) is 132 cm³/mol. The molecule has 0 saturated heterocycles. The molecule has 2 nitrogen and oxygen atoms in total. The average molecular weight is 412 g/mol. The molecule has 2 heterocycles. The molecule has 0 saturated carbocycles. The van der Waals surface area contributed by atoms with E-state index in [-0.39, 0.29) is 0 Å². The first-order valence-electron chi connectivity index (χ1n) is 10.7. The third kappa shape index (κ3) is 3.14. The fraction of sp³-hybridized carbons (Fsp3) is 0. The van der Waals surface area contributed by atoms with Gasteiger partial charge in [0.2, 0.25) is 0 Å². The van der Waals surface area contributed by atoms with E-state index in [2.05, 4.69) is 48.6 Å². The second-order valence-corrected chi connectivity index (χ2v) is 7.75. The molecule has 152 valence electrons. The molecule has 0 aliphatic rings. The van der Waals surface area contributed by atoms with E-state index in [9.17, 15) is 0 Å². The SMILES string of the molecule is C(=C\c1c(-c2ccccc2)oc2ccccc12)/c1c(-c2ccccc2)oc2ccccc12. The predicted octanol–water partition coefficient (Wildman–Crippen LogP) is 8.68. The van der Waals surface area contributed by atoms with E-state index in [1.807, 2.05) is 72.8 Å². The van der Waals surface area contributed by atoms with Crippen molar-refractivity contribution < 1.29 is 8.83 Å². The van der Waals surface area contributed by atoms with Crippen molar-refractivity contribution in [3.05, 3.63) is 120 Å². The fourth-order valence-corrected chi connectivity index (χ4v) is 4.24. The molecule has 0 fully saturated rings. The Bertz CT molecular complexity index is 1430. The lowest BCUT2D eigenvalue weighted by Gasteiger charge is -2.01. The summed E-state index contributed by atoms with van der Waals surface area (Å²) in [5.74, 6) is 1.74. The van der Waals surface area contributed by atoms with Gasteiger partial charge in [-0.2, -0.15) is 0 Å². The summed E-state index contributed by atoms with van der Waals surface area (Å²) < 4.78 is 12.6. The van der Waals surface area contributed by atoms with Crippen LogP contribution in [0.4, 0.5) is 0 Å². The Morgan fingerprint density at radius 3 is 1.22 bits per heavy atom.